The topological polar surface area (TPSA) is 77.8 Å². The molecule has 0 saturated heterocycles. The molecule has 1 heterocycles. The average Bonchev–Trinajstić information content (AvgIpc) is 3.12. The predicted molar refractivity (Wildman–Crippen MR) is 92.9 cm³/mol. The van der Waals surface area contributed by atoms with Crippen LogP contribution in [0.15, 0.2) is 52.8 Å². The normalized spacial score (nSPS) is 11.3. The van der Waals surface area contributed by atoms with Crippen LogP contribution in [-0.2, 0) is 9.53 Å². The molecule has 2 aromatic rings. The fourth-order valence-corrected chi connectivity index (χ4v) is 1.93. The second-order valence-electron chi connectivity index (χ2n) is 5.75. The van der Waals surface area contributed by atoms with Crippen molar-refractivity contribution in [3.8, 4) is 5.75 Å². The van der Waals surface area contributed by atoms with Gasteiger partial charge >= 0.3 is 5.97 Å². The van der Waals surface area contributed by atoms with Crippen molar-refractivity contribution in [1.82, 2.24) is 5.32 Å². The van der Waals surface area contributed by atoms with E-state index < -0.39 is 11.9 Å². The molecule has 0 spiro atoms. The number of carbonyl (C=O) groups is 2. The SMILES string of the molecule is COC(=O)/C(=C/c1ccco1)NC(=O)c1ccc(OCC(C)C)cc1. The summed E-state index contributed by atoms with van der Waals surface area (Å²) in [7, 11) is 1.24. The highest BCUT2D eigenvalue weighted by molar-refractivity contribution is 6.03. The van der Waals surface area contributed by atoms with Crippen LogP contribution in [0.3, 0.4) is 0 Å². The van der Waals surface area contributed by atoms with Crippen molar-refractivity contribution in [2.45, 2.75) is 13.8 Å². The molecule has 0 aliphatic rings. The first-order chi connectivity index (χ1) is 12.0. The number of hydrogen-bond acceptors (Lipinski definition) is 5. The largest absolute Gasteiger partial charge is 0.493 e. The van der Waals surface area contributed by atoms with Crippen molar-refractivity contribution in [3.63, 3.8) is 0 Å². The summed E-state index contributed by atoms with van der Waals surface area (Å²) in [6, 6.07) is 10.0. The van der Waals surface area contributed by atoms with Crippen LogP contribution in [0.5, 0.6) is 5.75 Å². The Morgan fingerprint density at radius 1 is 1.20 bits per heavy atom. The number of carbonyl (C=O) groups excluding carboxylic acids is 2. The zero-order valence-electron chi connectivity index (χ0n) is 14.4. The summed E-state index contributed by atoms with van der Waals surface area (Å²) in [4.78, 5) is 24.2. The van der Waals surface area contributed by atoms with E-state index >= 15 is 0 Å². The van der Waals surface area contributed by atoms with E-state index in [-0.39, 0.29) is 5.70 Å². The zero-order chi connectivity index (χ0) is 18.2. The van der Waals surface area contributed by atoms with Crippen LogP contribution in [0.1, 0.15) is 30.0 Å². The molecule has 6 heteroatoms. The summed E-state index contributed by atoms with van der Waals surface area (Å²) in [6.45, 7) is 4.72. The summed E-state index contributed by atoms with van der Waals surface area (Å²) in [5, 5.41) is 2.54. The van der Waals surface area contributed by atoms with Gasteiger partial charge in [0.05, 0.1) is 20.0 Å². The van der Waals surface area contributed by atoms with Gasteiger partial charge in [0.15, 0.2) is 0 Å². The molecular formula is C19H21NO5. The number of methoxy groups -OCH3 is 1. The standard InChI is InChI=1S/C19H21NO5/c1-13(2)12-25-15-8-6-14(7-9-15)18(21)20-17(19(22)23-3)11-16-5-4-10-24-16/h4-11,13H,12H2,1-3H3,(H,20,21)/b17-11-. The van der Waals surface area contributed by atoms with E-state index in [0.29, 0.717) is 29.6 Å². The lowest BCUT2D eigenvalue weighted by Crippen LogP contribution is -2.28. The van der Waals surface area contributed by atoms with Crippen LogP contribution in [0.4, 0.5) is 0 Å². The van der Waals surface area contributed by atoms with Crippen molar-refractivity contribution in [2.24, 2.45) is 5.92 Å². The van der Waals surface area contributed by atoms with Crippen molar-refractivity contribution < 1.29 is 23.5 Å². The lowest BCUT2D eigenvalue weighted by atomic mass is 10.2. The minimum Gasteiger partial charge on any atom is -0.493 e. The van der Waals surface area contributed by atoms with Crippen LogP contribution in [0, 0.1) is 5.92 Å². The molecule has 1 N–H and O–H groups in total. The number of nitrogens with one attached hydrogen (secondary N) is 1. The number of hydrogen-bond donors (Lipinski definition) is 1. The lowest BCUT2D eigenvalue weighted by molar-refractivity contribution is -0.136. The molecule has 0 saturated carbocycles. The van der Waals surface area contributed by atoms with Gasteiger partial charge in [-0.2, -0.15) is 0 Å². The molecule has 132 valence electrons. The zero-order valence-corrected chi connectivity index (χ0v) is 14.4. The van der Waals surface area contributed by atoms with Crippen molar-refractivity contribution >= 4 is 18.0 Å². The van der Waals surface area contributed by atoms with E-state index in [1.54, 1.807) is 36.4 Å². The number of furan rings is 1. The summed E-state index contributed by atoms with van der Waals surface area (Å²) in [6.07, 6.45) is 2.88. The Morgan fingerprint density at radius 3 is 2.48 bits per heavy atom. The molecule has 6 nitrogen and oxygen atoms in total. The van der Waals surface area contributed by atoms with Crippen LogP contribution in [0.2, 0.25) is 0 Å². The summed E-state index contributed by atoms with van der Waals surface area (Å²) >= 11 is 0. The van der Waals surface area contributed by atoms with Crippen LogP contribution in [-0.4, -0.2) is 25.6 Å². The molecule has 0 radical (unpaired) electrons. The van der Waals surface area contributed by atoms with E-state index in [4.69, 9.17) is 9.15 Å². The van der Waals surface area contributed by atoms with Crippen LogP contribution < -0.4 is 10.1 Å². The molecule has 1 aromatic heterocycles. The van der Waals surface area contributed by atoms with Crippen molar-refractivity contribution in [2.75, 3.05) is 13.7 Å². The van der Waals surface area contributed by atoms with E-state index in [1.165, 1.54) is 19.4 Å². The van der Waals surface area contributed by atoms with Gasteiger partial charge in [-0.1, -0.05) is 13.8 Å². The summed E-state index contributed by atoms with van der Waals surface area (Å²) in [5.41, 5.74) is 0.383. The van der Waals surface area contributed by atoms with Gasteiger partial charge in [-0.05, 0) is 42.3 Å². The minimum absolute atomic E-state index is 0.0115. The van der Waals surface area contributed by atoms with Gasteiger partial charge in [0, 0.05) is 11.6 Å². The van der Waals surface area contributed by atoms with E-state index in [9.17, 15) is 9.59 Å². The average molecular weight is 343 g/mol. The maximum Gasteiger partial charge on any atom is 0.354 e. The van der Waals surface area contributed by atoms with Crippen LogP contribution >= 0.6 is 0 Å². The first-order valence-electron chi connectivity index (χ1n) is 7.87. The molecule has 0 unspecified atom stereocenters. The van der Waals surface area contributed by atoms with Gasteiger partial charge in [-0.15, -0.1) is 0 Å². The number of ether oxygens (including phenoxy) is 2. The Bertz CT molecular complexity index is 730. The molecule has 1 aromatic carbocycles. The van der Waals surface area contributed by atoms with E-state index in [2.05, 4.69) is 23.9 Å². The minimum atomic E-state index is -0.665. The maximum atomic E-state index is 12.4. The number of esters is 1. The monoisotopic (exact) mass is 343 g/mol. The second kappa shape index (κ2) is 8.73. The highest BCUT2D eigenvalue weighted by Crippen LogP contribution is 2.14. The van der Waals surface area contributed by atoms with Crippen LogP contribution in [0.25, 0.3) is 6.08 Å². The van der Waals surface area contributed by atoms with E-state index in [1.807, 2.05) is 0 Å². The highest BCUT2D eigenvalue weighted by Gasteiger charge is 2.15. The molecule has 0 aliphatic carbocycles. The summed E-state index contributed by atoms with van der Waals surface area (Å²) in [5.74, 6) is 0.431. The molecule has 2 rings (SSSR count). The third kappa shape index (κ3) is 5.53. The first-order valence-corrected chi connectivity index (χ1v) is 7.87. The Balaban J connectivity index is 2.09. The Kier molecular flexibility index (Phi) is 6.39. The predicted octanol–water partition coefficient (Wildman–Crippen LogP) is 3.26. The van der Waals surface area contributed by atoms with Crippen molar-refractivity contribution in [1.29, 1.82) is 0 Å². The number of benzene rings is 1. The molecule has 0 atom stereocenters. The number of amides is 1. The Morgan fingerprint density at radius 2 is 1.92 bits per heavy atom. The first kappa shape index (κ1) is 18.3. The quantitative estimate of drug-likeness (QED) is 0.617. The van der Waals surface area contributed by atoms with Gasteiger partial charge < -0.3 is 19.2 Å². The number of rotatable bonds is 7. The molecule has 25 heavy (non-hydrogen) atoms. The molecular weight excluding hydrogens is 322 g/mol. The van der Waals surface area contributed by atoms with Gasteiger partial charge in [0.1, 0.15) is 17.2 Å². The molecule has 0 bridgehead atoms. The fraction of sp³-hybridized carbons (Fsp3) is 0.263. The third-order valence-electron chi connectivity index (χ3n) is 3.18. The van der Waals surface area contributed by atoms with E-state index in [0.717, 1.165) is 0 Å². The maximum absolute atomic E-state index is 12.4. The Hall–Kier alpha value is -3.02. The lowest BCUT2D eigenvalue weighted by Gasteiger charge is -2.10. The Labute approximate surface area is 146 Å². The highest BCUT2D eigenvalue weighted by atomic mass is 16.5. The van der Waals surface area contributed by atoms with Crippen molar-refractivity contribution in [3.05, 3.63) is 59.7 Å². The summed E-state index contributed by atoms with van der Waals surface area (Å²) < 4.78 is 15.4. The molecule has 0 fully saturated rings. The fourth-order valence-electron chi connectivity index (χ4n) is 1.93. The third-order valence-corrected chi connectivity index (χ3v) is 3.18. The van der Waals surface area contributed by atoms with Gasteiger partial charge in [-0.25, -0.2) is 4.79 Å². The van der Waals surface area contributed by atoms with Gasteiger partial charge in [-0.3, -0.25) is 4.79 Å². The second-order valence-corrected chi connectivity index (χ2v) is 5.75. The van der Waals surface area contributed by atoms with Gasteiger partial charge in [0.25, 0.3) is 5.91 Å². The molecule has 0 aliphatic heterocycles. The smallest absolute Gasteiger partial charge is 0.354 e. The molecule has 1 amide bonds. The van der Waals surface area contributed by atoms with Gasteiger partial charge in [0.2, 0.25) is 0 Å².